The van der Waals surface area contributed by atoms with Crippen LogP contribution in [-0.2, 0) is 22.6 Å². The summed E-state index contributed by atoms with van der Waals surface area (Å²) in [6.45, 7) is 2.12. The molecule has 1 fully saturated rings. The highest BCUT2D eigenvalue weighted by Crippen LogP contribution is 2.45. The van der Waals surface area contributed by atoms with Gasteiger partial charge in [0.25, 0.3) is 11.7 Å². The molecular weight excluding hydrogens is 526 g/mol. The van der Waals surface area contributed by atoms with E-state index in [4.69, 9.17) is 9.47 Å². The van der Waals surface area contributed by atoms with Crippen LogP contribution >= 0.6 is 15.9 Å². The molecule has 0 aromatic heterocycles. The third-order valence-corrected chi connectivity index (χ3v) is 7.10. The Morgan fingerprint density at radius 1 is 1.14 bits per heavy atom. The fraction of sp³-hybridized carbons (Fsp3) is 0.214. The number of carbonyl (C=O) groups is 2. The zero-order valence-electron chi connectivity index (χ0n) is 19.7. The van der Waals surface area contributed by atoms with Crippen molar-refractivity contribution in [2.24, 2.45) is 0 Å². The maximum absolute atomic E-state index is 13.4. The van der Waals surface area contributed by atoms with Gasteiger partial charge in [-0.1, -0.05) is 30.3 Å². The number of ketones is 1. The number of likely N-dealkylation sites (tertiary alicyclic amines) is 1. The number of phenols is 1. The van der Waals surface area contributed by atoms with Crippen LogP contribution in [0.2, 0.25) is 0 Å². The molecule has 0 saturated carbocycles. The quantitative estimate of drug-likeness (QED) is 0.261. The van der Waals surface area contributed by atoms with Crippen molar-refractivity contribution in [1.29, 1.82) is 0 Å². The van der Waals surface area contributed by atoms with E-state index in [9.17, 15) is 19.8 Å². The monoisotopic (exact) mass is 549 g/mol. The molecule has 2 atom stereocenters. The van der Waals surface area contributed by atoms with Crippen LogP contribution in [-0.4, -0.2) is 40.0 Å². The topological polar surface area (TPSA) is 96.3 Å². The second kappa shape index (κ2) is 9.35. The average Bonchev–Trinajstić information content (AvgIpc) is 3.37. The normalized spacial score (nSPS) is 20.4. The standard InChI is InChI=1S/C28H24BrNO6/c1-15-10-18-11-17(8-9-21(18)36-15)25(31)23-24(19-12-20(29)26(32)22(13-19)35-2)30(28(34)27(23)33)14-16-6-4-3-5-7-16/h3-9,11-13,15,24,31-32H,10,14H2,1-2H3. The number of hydrogen-bond acceptors (Lipinski definition) is 6. The molecular formula is C28H24BrNO6. The number of amides is 1. The summed E-state index contributed by atoms with van der Waals surface area (Å²) in [6.07, 6.45) is 0.709. The zero-order chi connectivity index (χ0) is 25.6. The fourth-order valence-electron chi connectivity index (χ4n) is 4.80. The second-order valence-electron chi connectivity index (χ2n) is 8.92. The number of benzene rings is 3. The lowest BCUT2D eigenvalue weighted by molar-refractivity contribution is -0.140. The molecule has 2 unspecified atom stereocenters. The number of Topliss-reactive ketones (excluding diaryl/α,β-unsaturated/α-hetero) is 1. The van der Waals surface area contributed by atoms with E-state index in [2.05, 4.69) is 15.9 Å². The highest BCUT2D eigenvalue weighted by Gasteiger charge is 2.46. The Morgan fingerprint density at radius 2 is 1.89 bits per heavy atom. The van der Waals surface area contributed by atoms with Crippen molar-refractivity contribution >= 4 is 33.4 Å². The van der Waals surface area contributed by atoms with Crippen molar-refractivity contribution in [2.45, 2.75) is 32.0 Å². The molecule has 36 heavy (non-hydrogen) atoms. The number of ether oxygens (including phenoxy) is 2. The fourth-order valence-corrected chi connectivity index (χ4v) is 5.26. The first-order chi connectivity index (χ1) is 17.3. The van der Waals surface area contributed by atoms with Crippen molar-refractivity contribution in [3.05, 3.63) is 93.0 Å². The number of hydrogen-bond donors (Lipinski definition) is 2. The van der Waals surface area contributed by atoms with Crippen LogP contribution in [0.15, 0.2) is 70.7 Å². The molecule has 0 bridgehead atoms. The van der Waals surface area contributed by atoms with Crippen molar-refractivity contribution < 1.29 is 29.3 Å². The van der Waals surface area contributed by atoms with Gasteiger partial charge in [0.15, 0.2) is 11.5 Å². The van der Waals surface area contributed by atoms with Crippen LogP contribution in [0.5, 0.6) is 17.2 Å². The van der Waals surface area contributed by atoms with Gasteiger partial charge in [-0.2, -0.15) is 0 Å². The molecule has 2 N–H and O–H groups in total. The number of rotatable bonds is 5. The Balaban J connectivity index is 1.68. The van der Waals surface area contributed by atoms with Gasteiger partial charge in [0, 0.05) is 18.5 Å². The first-order valence-corrected chi connectivity index (χ1v) is 12.3. The summed E-state index contributed by atoms with van der Waals surface area (Å²) in [5.74, 6) is -0.942. The van der Waals surface area contributed by atoms with Crippen molar-refractivity contribution in [3.63, 3.8) is 0 Å². The first kappa shape index (κ1) is 23.9. The molecule has 3 aromatic carbocycles. The van der Waals surface area contributed by atoms with Gasteiger partial charge in [-0.05, 0) is 69.9 Å². The number of carbonyl (C=O) groups excluding carboxylic acids is 2. The maximum Gasteiger partial charge on any atom is 0.295 e. The lowest BCUT2D eigenvalue weighted by Gasteiger charge is -2.26. The summed E-state index contributed by atoms with van der Waals surface area (Å²) in [7, 11) is 1.42. The highest BCUT2D eigenvalue weighted by molar-refractivity contribution is 9.10. The van der Waals surface area contributed by atoms with E-state index < -0.39 is 17.7 Å². The Labute approximate surface area is 216 Å². The van der Waals surface area contributed by atoms with Gasteiger partial charge in [-0.25, -0.2) is 0 Å². The Bertz CT molecular complexity index is 1400. The molecule has 8 heteroatoms. The van der Waals surface area contributed by atoms with Crippen LogP contribution in [0.4, 0.5) is 0 Å². The van der Waals surface area contributed by atoms with E-state index in [-0.39, 0.29) is 35.5 Å². The number of phenolic OH excluding ortho intramolecular Hbond substituents is 1. The molecule has 184 valence electrons. The third kappa shape index (κ3) is 4.11. The number of aliphatic hydroxyl groups excluding tert-OH is 1. The summed E-state index contributed by atoms with van der Waals surface area (Å²) in [5, 5.41) is 21.8. The van der Waals surface area contributed by atoms with E-state index in [1.54, 1.807) is 30.3 Å². The predicted molar refractivity (Wildman–Crippen MR) is 137 cm³/mol. The lowest BCUT2D eigenvalue weighted by atomic mass is 9.94. The minimum atomic E-state index is -0.903. The van der Waals surface area contributed by atoms with Gasteiger partial charge in [-0.15, -0.1) is 0 Å². The smallest absolute Gasteiger partial charge is 0.295 e. The number of nitrogens with zero attached hydrogens (tertiary/aromatic N) is 1. The van der Waals surface area contributed by atoms with Gasteiger partial charge in [0.05, 0.1) is 23.2 Å². The molecule has 2 aliphatic heterocycles. The number of aromatic hydroxyl groups is 1. The number of halogens is 1. The minimum absolute atomic E-state index is 0.0238. The van der Waals surface area contributed by atoms with Gasteiger partial charge in [-0.3, -0.25) is 9.59 Å². The van der Waals surface area contributed by atoms with Crippen LogP contribution in [0.1, 0.15) is 35.2 Å². The second-order valence-corrected chi connectivity index (χ2v) is 9.78. The number of fused-ring (bicyclic) bond motifs is 1. The molecule has 1 amide bonds. The number of aliphatic hydroxyl groups is 1. The van der Waals surface area contributed by atoms with E-state index in [0.717, 1.165) is 16.9 Å². The van der Waals surface area contributed by atoms with Crippen molar-refractivity contribution in [1.82, 2.24) is 4.90 Å². The van der Waals surface area contributed by atoms with Gasteiger partial charge < -0.3 is 24.6 Å². The van der Waals surface area contributed by atoms with Crippen molar-refractivity contribution in [2.75, 3.05) is 7.11 Å². The first-order valence-electron chi connectivity index (χ1n) is 11.5. The summed E-state index contributed by atoms with van der Waals surface area (Å²) in [6, 6.07) is 16.8. The van der Waals surface area contributed by atoms with E-state index >= 15 is 0 Å². The summed E-state index contributed by atoms with van der Waals surface area (Å²) in [5.41, 5.74) is 2.67. The van der Waals surface area contributed by atoms with Gasteiger partial charge >= 0.3 is 0 Å². The summed E-state index contributed by atoms with van der Waals surface area (Å²) < 4.78 is 11.4. The molecule has 1 saturated heterocycles. The van der Waals surface area contributed by atoms with Crippen LogP contribution in [0.25, 0.3) is 5.76 Å². The minimum Gasteiger partial charge on any atom is -0.507 e. The largest absolute Gasteiger partial charge is 0.507 e. The summed E-state index contributed by atoms with van der Waals surface area (Å²) in [4.78, 5) is 28.1. The average molecular weight is 550 g/mol. The van der Waals surface area contributed by atoms with E-state index in [1.807, 2.05) is 37.3 Å². The molecule has 0 aliphatic carbocycles. The lowest BCUT2D eigenvalue weighted by Crippen LogP contribution is -2.29. The van der Waals surface area contributed by atoms with Crippen LogP contribution in [0, 0.1) is 0 Å². The molecule has 3 aromatic rings. The van der Waals surface area contributed by atoms with E-state index in [1.165, 1.54) is 12.0 Å². The Hall–Kier alpha value is -3.78. The van der Waals surface area contributed by atoms with Gasteiger partial charge in [0.2, 0.25) is 0 Å². The van der Waals surface area contributed by atoms with Crippen LogP contribution in [0.3, 0.4) is 0 Å². The molecule has 0 radical (unpaired) electrons. The molecule has 0 spiro atoms. The highest BCUT2D eigenvalue weighted by atomic mass is 79.9. The van der Waals surface area contributed by atoms with Crippen LogP contribution < -0.4 is 9.47 Å². The predicted octanol–water partition coefficient (Wildman–Crippen LogP) is 5.11. The van der Waals surface area contributed by atoms with E-state index in [0.29, 0.717) is 22.0 Å². The molecule has 5 rings (SSSR count). The molecule has 7 nitrogen and oxygen atoms in total. The SMILES string of the molecule is COc1cc(C2C(=C(O)c3ccc4c(c3)CC(C)O4)C(=O)C(=O)N2Cc2ccccc2)cc(Br)c1O. The zero-order valence-corrected chi connectivity index (χ0v) is 21.3. The van der Waals surface area contributed by atoms with Gasteiger partial charge in [0.1, 0.15) is 17.6 Å². The van der Waals surface area contributed by atoms with Crippen molar-refractivity contribution in [3.8, 4) is 17.2 Å². The maximum atomic E-state index is 13.4. The number of methoxy groups -OCH3 is 1. The third-order valence-electron chi connectivity index (χ3n) is 6.49. The molecule has 2 heterocycles. The Morgan fingerprint density at radius 3 is 2.61 bits per heavy atom. The molecule has 2 aliphatic rings. The Kier molecular flexibility index (Phi) is 6.22. The summed E-state index contributed by atoms with van der Waals surface area (Å²) >= 11 is 3.33.